The molecule has 3 nitrogen and oxygen atoms in total. The average molecular weight is 273 g/mol. The second-order valence-electron chi connectivity index (χ2n) is 3.22. The molecule has 0 amide bonds. The van der Waals surface area contributed by atoms with Gasteiger partial charge in [0.25, 0.3) is 0 Å². The molecule has 17 heavy (non-hydrogen) atoms. The van der Waals surface area contributed by atoms with Crippen molar-refractivity contribution < 1.29 is 9.13 Å². The highest BCUT2D eigenvalue weighted by Gasteiger charge is 2.09. The highest BCUT2D eigenvalue weighted by molar-refractivity contribution is 6.35. The van der Waals surface area contributed by atoms with E-state index in [4.69, 9.17) is 33.7 Å². The molecule has 0 aliphatic rings. The SMILES string of the molecule is Nc1ccc(F)cc1Oc1ncc(Cl)cc1Cl. The zero-order chi connectivity index (χ0) is 12.4. The van der Waals surface area contributed by atoms with Crippen molar-refractivity contribution in [3.63, 3.8) is 0 Å². The van der Waals surface area contributed by atoms with Gasteiger partial charge in [0.1, 0.15) is 10.8 Å². The largest absolute Gasteiger partial charge is 0.435 e. The zero-order valence-corrected chi connectivity index (χ0v) is 9.97. The molecule has 0 saturated heterocycles. The van der Waals surface area contributed by atoms with Gasteiger partial charge in [-0.05, 0) is 18.2 Å². The molecular formula is C11H7Cl2FN2O. The van der Waals surface area contributed by atoms with E-state index < -0.39 is 5.82 Å². The van der Waals surface area contributed by atoms with Gasteiger partial charge < -0.3 is 10.5 Å². The van der Waals surface area contributed by atoms with Gasteiger partial charge in [0.15, 0.2) is 5.75 Å². The first-order valence-corrected chi connectivity index (χ1v) is 5.36. The molecule has 6 heteroatoms. The number of ether oxygens (including phenoxy) is 1. The minimum absolute atomic E-state index is 0.119. The molecular weight excluding hydrogens is 266 g/mol. The summed E-state index contributed by atoms with van der Waals surface area (Å²) in [6.45, 7) is 0. The van der Waals surface area contributed by atoms with Crippen LogP contribution in [0.5, 0.6) is 11.6 Å². The van der Waals surface area contributed by atoms with Crippen LogP contribution in [0.25, 0.3) is 0 Å². The standard InChI is InChI=1S/C11H7Cl2FN2O/c12-6-3-8(13)11(16-5-6)17-10-4-7(14)1-2-9(10)15/h1-5H,15H2. The third-order valence-corrected chi connectivity index (χ3v) is 2.43. The highest BCUT2D eigenvalue weighted by Crippen LogP contribution is 2.32. The Bertz CT molecular complexity index is 563. The molecule has 1 aromatic heterocycles. The minimum Gasteiger partial charge on any atom is -0.435 e. The number of benzene rings is 1. The molecule has 0 fully saturated rings. The van der Waals surface area contributed by atoms with Crippen LogP contribution in [0, 0.1) is 5.82 Å². The summed E-state index contributed by atoms with van der Waals surface area (Å²) in [6.07, 6.45) is 1.37. The molecule has 1 aromatic carbocycles. The molecule has 0 unspecified atom stereocenters. The van der Waals surface area contributed by atoms with Crippen LogP contribution < -0.4 is 10.5 Å². The lowest BCUT2D eigenvalue weighted by molar-refractivity contribution is 0.461. The molecule has 0 saturated carbocycles. The fourth-order valence-electron chi connectivity index (χ4n) is 1.18. The number of hydrogen-bond acceptors (Lipinski definition) is 3. The zero-order valence-electron chi connectivity index (χ0n) is 8.45. The molecule has 1 heterocycles. The maximum atomic E-state index is 13.0. The number of aromatic nitrogens is 1. The second-order valence-corrected chi connectivity index (χ2v) is 4.07. The van der Waals surface area contributed by atoms with E-state index in [1.807, 2.05) is 0 Å². The van der Waals surface area contributed by atoms with E-state index in [1.54, 1.807) is 0 Å². The molecule has 0 bridgehead atoms. The van der Waals surface area contributed by atoms with Gasteiger partial charge in [0.2, 0.25) is 5.88 Å². The number of nitrogens with zero attached hydrogens (tertiary/aromatic N) is 1. The first-order chi connectivity index (χ1) is 8.06. The number of pyridine rings is 1. The molecule has 0 aliphatic heterocycles. The Morgan fingerprint density at radius 3 is 2.71 bits per heavy atom. The van der Waals surface area contributed by atoms with Gasteiger partial charge in [-0.15, -0.1) is 0 Å². The van der Waals surface area contributed by atoms with Crippen molar-refractivity contribution in [3.8, 4) is 11.6 Å². The predicted molar refractivity (Wildman–Crippen MR) is 65.1 cm³/mol. The van der Waals surface area contributed by atoms with Crippen molar-refractivity contribution in [1.29, 1.82) is 0 Å². The quantitative estimate of drug-likeness (QED) is 0.844. The van der Waals surface area contributed by atoms with Gasteiger partial charge in [0, 0.05) is 12.3 Å². The molecule has 2 N–H and O–H groups in total. The fraction of sp³-hybridized carbons (Fsp3) is 0. The monoisotopic (exact) mass is 272 g/mol. The summed E-state index contributed by atoms with van der Waals surface area (Å²) in [7, 11) is 0. The van der Waals surface area contributed by atoms with Crippen LogP contribution in [-0.2, 0) is 0 Å². The smallest absolute Gasteiger partial charge is 0.238 e. The number of anilines is 1. The number of nitrogens with two attached hydrogens (primary N) is 1. The summed E-state index contributed by atoms with van der Waals surface area (Å²) in [5, 5.41) is 0.607. The molecule has 0 radical (unpaired) electrons. The van der Waals surface area contributed by atoms with Crippen molar-refractivity contribution in [2.75, 3.05) is 5.73 Å². The molecule has 0 atom stereocenters. The van der Waals surface area contributed by atoms with Gasteiger partial charge >= 0.3 is 0 Å². The van der Waals surface area contributed by atoms with Crippen LogP contribution in [0.4, 0.5) is 10.1 Å². The average Bonchev–Trinajstić information content (AvgIpc) is 2.27. The van der Waals surface area contributed by atoms with Crippen molar-refractivity contribution in [2.24, 2.45) is 0 Å². The summed E-state index contributed by atoms with van der Waals surface area (Å²) >= 11 is 11.6. The van der Waals surface area contributed by atoms with E-state index in [0.29, 0.717) is 10.7 Å². The van der Waals surface area contributed by atoms with Gasteiger partial charge in [-0.1, -0.05) is 23.2 Å². The van der Waals surface area contributed by atoms with Crippen LogP contribution in [0.1, 0.15) is 0 Å². The third-order valence-electron chi connectivity index (χ3n) is 1.96. The topological polar surface area (TPSA) is 48.1 Å². The van der Waals surface area contributed by atoms with E-state index in [2.05, 4.69) is 4.98 Å². The minimum atomic E-state index is -0.459. The summed E-state index contributed by atoms with van der Waals surface area (Å²) in [5.74, 6) is -0.186. The van der Waals surface area contributed by atoms with Crippen LogP contribution >= 0.6 is 23.2 Å². The second kappa shape index (κ2) is 4.77. The third kappa shape index (κ3) is 2.78. The van der Waals surface area contributed by atoms with Gasteiger partial charge in [-0.2, -0.15) is 0 Å². The number of nitrogen functional groups attached to an aromatic ring is 1. The van der Waals surface area contributed by atoms with Gasteiger partial charge in [0.05, 0.1) is 10.7 Å². The molecule has 2 rings (SSSR count). The van der Waals surface area contributed by atoms with E-state index in [-0.39, 0.29) is 16.7 Å². The lowest BCUT2D eigenvalue weighted by atomic mass is 10.3. The van der Waals surface area contributed by atoms with Crippen molar-refractivity contribution >= 4 is 28.9 Å². The highest BCUT2D eigenvalue weighted by atomic mass is 35.5. The summed E-state index contributed by atoms with van der Waals surface area (Å²) in [6, 6.07) is 5.26. The Hall–Kier alpha value is -1.52. The van der Waals surface area contributed by atoms with Gasteiger partial charge in [-0.25, -0.2) is 9.37 Å². The molecule has 88 valence electrons. The first-order valence-electron chi connectivity index (χ1n) is 4.60. The van der Waals surface area contributed by atoms with Crippen molar-refractivity contribution in [3.05, 3.63) is 46.3 Å². The van der Waals surface area contributed by atoms with Crippen molar-refractivity contribution in [2.45, 2.75) is 0 Å². The van der Waals surface area contributed by atoms with E-state index in [9.17, 15) is 4.39 Å². The predicted octanol–water partition coefficient (Wildman–Crippen LogP) is 3.90. The number of rotatable bonds is 2. The van der Waals surface area contributed by atoms with E-state index >= 15 is 0 Å². The Kier molecular flexibility index (Phi) is 3.36. The maximum absolute atomic E-state index is 13.0. The normalized spacial score (nSPS) is 10.3. The molecule has 0 aliphatic carbocycles. The summed E-state index contributed by atoms with van der Waals surface area (Å²) in [5.41, 5.74) is 5.92. The molecule has 0 spiro atoms. The summed E-state index contributed by atoms with van der Waals surface area (Å²) < 4.78 is 18.3. The van der Waals surface area contributed by atoms with Crippen LogP contribution in [0.15, 0.2) is 30.5 Å². The Morgan fingerprint density at radius 1 is 1.24 bits per heavy atom. The lowest BCUT2D eigenvalue weighted by Crippen LogP contribution is -1.95. The van der Waals surface area contributed by atoms with Crippen LogP contribution in [-0.4, -0.2) is 4.98 Å². The fourth-order valence-corrected chi connectivity index (χ4v) is 1.60. The van der Waals surface area contributed by atoms with Crippen molar-refractivity contribution in [1.82, 2.24) is 4.98 Å². The molecule has 2 aromatic rings. The van der Waals surface area contributed by atoms with Crippen LogP contribution in [0.3, 0.4) is 0 Å². The van der Waals surface area contributed by atoms with Crippen LogP contribution in [0.2, 0.25) is 10.0 Å². The lowest BCUT2D eigenvalue weighted by Gasteiger charge is -2.08. The maximum Gasteiger partial charge on any atom is 0.238 e. The Balaban J connectivity index is 2.34. The Morgan fingerprint density at radius 2 is 2.00 bits per heavy atom. The van der Waals surface area contributed by atoms with E-state index in [0.717, 1.165) is 6.07 Å². The first kappa shape index (κ1) is 12.0. The van der Waals surface area contributed by atoms with Gasteiger partial charge in [-0.3, -0.25) is 0 Å². The summed E-state index contributed by atoms with van der Waals surface area (Å²) in [4.78, 5) is 3.88. The number of hydrogen-bond donors (Lipinski definition) is 1. The number of halogens is 3. The van der Waals surface area contributed by atoms with E-state index in [1.165, 1.54) is 24.4 Å². The Labute approximate surface area is 107 Å².